The lowest BCUT2D eigenvalue weighted by molar-refractivity contribution is -0.153. The first kappa shape index (κ1) is 30.0. The van der Waals surface area contributed by atoms with Gasteiger partial charge in [-0.2, -0.15) is 0 Å². The SMILES string of the molecule is CN(C)[C@@H]1C(=O)C(C(N)=O)=C(O)[C@@]2(O)C(=O)C3=C(O)c4c(O)ccc(-c5ccc(F)c(CN6CCCCC6)c5)c4C[C@H]3C[C@@H]12. The van der Waals surface area contributed by atoms with Crippen molar-refractivity contribution in [2.75, 3.05) is 27.2 Å². The van der Waals surface area contributed by atoms with Crippen LogP contribution in [0.5, 0.6) is 5.75 Å². The van der Waals surface area contributed by atoms with Gasteiger partial charge in [0.1, 0.15) is 28.7 Å². The molecule has 1 saturated carbocycles. The van der Waals surface area contributed by atoms with E-state index in [1.165, 1.54) is 17.0 Å². The highest BCUT2D eigenvalue weighted by Gasteiger charge is 2.64. The van der Waals surface area contributed by atoms with Crippen molar-refractivity contribution >= 4 is 23.2 Å². The van der Waals surface area contributed by atoms with Crippen molar-refractivity contribution < 1.29 is 39.2 Å². The number of aromatic hydroxyl groups is 1. The van der Waals surface area contributed by atoms with Gasteiger partial charge in [-0.25, -0.2) is 4.39 Å². The molecule has 0 radical (unpaired) electrons. The lowest BCUT2D eigenvalue weighted by Crippen LogP contribution is -2.65. The molecule has 1 saturated heterocycles. The molecule has 6 rings (SSSR count). The van der Waals surface area contributed by atoms with Crippen LogP contribution in [0.4, 0.5) is 4.39 Å². The lowest BCUT2D eigenvalue weighted by atomic mass is 9.57. The number of carbonyl (C=O) groups excluding carboxylic acids is 3. The number of primary amides is 1. The maximum Gasteiger partial charge on any atom is 0.255 e. The molecule has 0 bridgehead atoms. The Kier molecular flexibility index (Phi) is 7.38. The summed E-state index contributed by atoms with van der Waals surface area (Å²) in [5.41, 5.74) is 4.00. The van der Waals surface area contributed by atoms with Crippen molar-refractivity contribution in [1.82, 2.24) is 9.80 Å². The van der Waals surface area contributed by atoms with Gasteiger partial charge in [-0.05, 0) is 93.7 Å². The Morgan fingerprint density at radius 3 is 2.45 bits per heavy atom. The Balaban J connectivity index is 1.47. The number of phenolic OH excluding ortho intramolecular Hbond substituents is 1. The van der Waals surface area contributed by atoms with E-state index in [0.717, 1.165) is 32.4 Å². The zero-order chi connectivity index (χ0) is 31.7. The van der Waals surface area contributed by atoms with E-state index >= 15 is 0 Å². The van der Waals surface area contributed by atoms with E-state index < -0.39 is 58.0 Å². The zero-order valence-corrected chi connectivity index (χ0v) is 24.6. The van der Waals surface area contributed by atoms with E-state index in [2.05, 4.69) is 4.90 Å². The number of likely N-dealkylation sites (tertiary alicyclic amines) is 1. The number of nitrogens with zero attached hydrogens (tertiary/aromatic N) is 2. The summed E-state index contributed by atoms with van der Waals surface area (Å²) < 4.78 is 14.9. The predicted molar refractivity (Wildman–Crippen MR) is 159 cm³/mol. The zero-order valence-electron chi connectivity index (χ0n) is 24.6. The molecule has 2 aromatic carbocycles. The van der Waals surface area contributed by atoms with Gasteiger partial charge in [0.15, 0.2) is 11.4 Å². The number of halogens is 1. The molecule has 1 heterocycles. The molecule has 4 aliphatic rings. The van der Waals surface area contributed by atoms with E-state index in [0.29, 0.717) is 28.8 Å². The summed E-state index contributed by atoms with van der Waals surface area (Å²) >= 11 is 0. The van der Waals surface area contributed by atoms with E-state index in [1.807, 2.05) is 0 Å². The van der Waals surface area contributed by atoms with Crippen LogP contribution in [0.25, 0.3) is 16.9 Å². The average molecular weight is 606 g/mol. The highest BCUT2D eigenvalue weighted by Crippen LogP contribution is 2.53. The summed E-state index contributed by atoms with van der Waals surface area (Å²) in [5, 5.41) is 45.2. The van der Waals surface area contributed by atoms with Gasteiger partial charge in [-0.15, -0.1) is 0 Å². The number of ketones is 2. The van der Waals surface area contributed by atoms with Crippen LogP contribution in [-0.2, 0) is 27.3 Å². The standard InChI is InChI=1S/C33H36FN3O7/c1-36(2)27-21-14-17-13-20-19(16-6-8-22(34)18(12-16)15-37-10-4-3-5-11-37)7-9-23(38)25(20)28(39)24(17)30(41)33(21,44)31(42)26(29(27)40)32(35)43/h6-9,12,17,21,27,38-39,42,44H,3-5,10-11,13-15H2,1-2H3,(H2,35,43)/t17-,21-,27-,33-/m0/s1. The molecule has 0 spiro atoms. The Morgan fingerprint density at radius 1 is 1.09 bits per heavy atom. The normalized spacial score (nSPS) is 27.3. The molecule has 4 atom stereocenters. The summed E-state index contributed by atoms with van der Waals surface area (Å²) in [6.45, 7) is 2.24. The number of nitrogens with two attached hydrogens (primary N) is 1. The van der Waals surface area contributed by atoms with Crippen LogP contribution < -0.4 is 5.73 Å². The molecule has 3 aliphatic carbocycles. The minimum absolute atomic E-state index is 0.000644. The fourth-order valence-electron chi connectivity index (χ4n) is 7.74. The highest BCUT2D eigenvalue weighted by atomic mass is 19.1. The molecule has 11 heteroatoms. The first-order chi connectivity index (χ1) is 20.9. The number of phenols is 1. The smallest absolute Gasteiger partial charge is 0.255 e. The van der Waals surface area contributed by atoms with Crippen molar-refractivity contribution in [3.63, 3.8) is 0 Å². The number of likely N-dealkylation sites (N-methyl/N-ethyl adjacent to an activating group) is 1. The van der Waals surface area contributed by atoms with Crippen LogP contribution in [0.2, 0.25) is 0 Å². The van der Waals surface area contributed by atoms with E-state index in [4.69, 9.17) is 5.73 Å². The Morgan fingerprint density at radius 2 is 1.80 bits per heavy atom. The molecule has 44 heavy (non-hydrogen) atoms. The van der Waals surface area contributed by atoms with Gasteiger partial charge >= 0.3 is 0 Å². The molecule has 0 unspecified atom stereocenters. The van der Waals surface area contributed by atoms with Gasteiger partial charge in [0.25, 0.3) is 5.91 Å². The van der Waals surface area contributed by atoms with Crippen LogP contribution in [0.15, 0.2) is 47.2 Å². The number of piperidine rings is 1. The largest absolute Gasteiger partial charge is 0.508 e. The topological polar surface area (TPSA) is 165 Å². The molecule has 1 aliphatic heterocycles. The summed E-state index contributed by atoms with van der Waals surface area (Å²) in [6, 6.07) is 6.72. The summed E-state index contributed by atoms with van der Waals surface area (Å²) in [6.07, 6.45) is 3.43. The van der Waals surface area contributed by atoms with Crippen LogP contribution in [0.3, 0.4) is 0 Å². The minimum atomic E-state index is -2.70. The second kappa shape index (κ2) is 10.8. The van der Waals surface area contributed by atoms with Crippen molar-refractivity contribution in [2.24, 2.45) is 17.6 Å². The molecule has 6 N–H and O–H groups in total. The van der Waals surface area contributed by atoms with Crippen molar-refractivity contribution in [1.29, 1.82) is 0 Å². The fourth-order valence-corrected chi connectivity index (χ4v) is 7.74. The highest BCUT2D eigenvalue weighted by molar-refractivity contribution is 6.24. The Bertz CT molecular complexity index is 1660. The number of fused-ring (bicyclic) bond motifs is 3. The number of carbonyl (C=O) groups is 3. The Labute approximate surface area is 253 Å². The second-order valence-electron chi connectivity index (χ2n) is 12.6. The first-order valence-electron chi connectivity index (χ1n) is 14.9. The van der Waals surface area contributed by atoms with Crippen molar-refractivity contribution in [2.45, 2.75) is 50.3 Å². The molecule has 0 aromatic heterocycles. The second-order valence-corrected chi connectivity index (χ2v) is 12.6. The molecular weight excluding hydrogens is 569 g/mol. The molecule has 10 nitrogen and oxygen atoms in total. The number of amides is 1. The van der Waals surface area contributed by atoms with Crippen molar-refractivity contribution in [3.05, 3.63) is 69.7 Å². The molecule has 232 valence electrons. The third-order valence-electron chi connectivity index (χ3n) is 9.80. The van der Waals surface area contributed by atoms with Gasteiger partial charge in [0.05, 0.1) is 11.6 Å². The number of Topliss-reactive ketones (excluding diaryl/α,β-unsaturated/α-hetero) is 2. The predicted octanol–water partition coefficient (Wildman–Crippen LogP) is 2.76. The van der Waals surface area contributed by atoms with Crippen molar-refractivity contribution in [3.8, 4) is 16.9 Å². The van der Waals surface area contributed by atoms with E-state index in [-0.39, 0.29) is 35.5 Å². The maximum atomic E-state index is 14.9. The monoisotopic (exact) mass is 605 g/mol. The quantitative estimate of drug-likeness (QED) is 0.322. The van der Waals surface area contributed by atoms with Crippen LogP contribution in [0.1, 0.15) is 42.4 Å². The molecular formula is C33H36FN3O7. The third kappa shape index (κ3) is 4.44. The van der Waals surface area contributed by atoms with Crippen LogP contribution in [0, 0.1) is 17.7 Å². The Hall–Kier alpha value is -4.06. The number of benzene rings is 2. The van der Waals surface area contributed by atoms with Crippen LogP contribution in [-0.4, -0.2) is 86.5 Å². The average Bonchev–Trinajstić information content (AvgIpc) is 2.96. The van der Waals surface area contributed by atoms with E-state index in [9.17, 15) is 39.2 Å². The van der Waals surface area contributed by atoms with Gasteiger partial charge in [0.2, 0.25) is 5.78 Å². The summed E-state index contributed by atoms with van der Waals surface area (Å²) in [4.78, 5) is 43.2. The number of hydrogen-bond acceptors (Lipinski definition) is 9. The maximum absolute atomic E-state index is 14.9. The van der Waals surface area contributed by atoms with Gasteiger partial charge < -0.3 is 26.2 Å². The number of rotatable bonds is 5. The number of hydrogen-bond donors (Lipinski definition) is 5. The molecule has 1 amide bonds. The minimum Gasteiger partial charge on any atom is -0.508 e. The summed E-state index contributed by atoms with van der Waals surface area (Å²) in [5.74, 6) is -7.32. The number of aliphatic hydroxyl groups is 3. The molecule has 2 aromatic rings. The fraction of sp³-hybridized carbons (Fsp3) is 0.424. The van der Waals surface area contributed by atoms with Gasteiger partial charge in [-0.1, -0.05) is 18.6 Å². The first-order valence-corrected chi connectivity index (χ1v) is 14.9. The van der Waals surface area contributed by atoms with Gasteiger partial charge in [0, 0.05) is 23.6 Å². The van der Waals surface area contributed by atoms with Crippen LogP contribution >= 0.6 is 0 Å². The molecule has 2 fully saturated rings. The summed E-state index contributed by atoms with van der Waals surface area (Å²) in [7, 11) is 3.11. The third-order valence-corrected chi connectivity index (χ3v) is 9.80. The lowest BCUT2D eigenvalue weighted by Gasteiger charge is -2.50. The van der Waals surface area contributed by atoms with E-state index in [1.54, 1.807) is 32.3 Å². The number of aliphatic hydroxyl groups excluding tert-OH is 2. The van der Waals surface area contributed by atoms with Gasteiger partial charge in [-0.3, -0.25) is 24.2 Å².